The van der Waals surface area contributed by atoms with Gasteiger partial charge in [-0.1, -0.05) is 12.8 Å². The predicted molar refractivity (Wildman–Crippen MR) is 115 cm³/mol. The number of rotatable bonds is 6. The van der Waals surface area contributed by atoms with E-state index in [-0.39, 0.29) is 10.6 Å². The normalized spacial score (nSPS) is 15.5. The summed E-state index contributed by atoms with van der Waals surface area (Å²) in [5.74, 6) is 0.594. The van der Waals surface area contributed by atoms with Crippen LogP contribution in [-0.2, 0) is 10.0 Å². The molecule has 1 aromatic carbocycles. The van der Waals surface area contributed by atoms with Crippen LogP contribution >= 0.6 is 0 Å². The Morgan fingerprint density at radius 1 is 1.07 bits per heavy atom. The van der Waals surface area contributed by atoms with Crippen molar-refractivity contribution >= 4 is 21.6 Å². The summed E-state index contributed by atoms with van der Waals surface area (Å²) in [6.07, 6.45) is 3.77. The summed E-state index contributed by atoms with van der Waals surface area (Å²) in [6, 6.07) is 5.07. The molecular weight excluding hydrogens is 406 g/mol. The van der Waals surface area contributed by atoms with Gasteiger partial charge in [0, 0.05) is 24.8 Å². The van der Waals surface area contributed by atoms with Crippen molar-refractivity contribution in [2.45, 2.75) is 44.4 Å². The van der Waals surface area contributed by atoms with Gasteiger partial charge in [0.1, 0.15) is 22.1 Å². The minimum Gasteiger partial charge on any atom is -0.497 e. The molecular formula is C21H29N3O5S. The SMILES string of the molecule is COc1ccc(OC)c(NC(=O)c2[nH]c(C)c(S(=O)(=O)N3CCCCCC3)c2C)c1. The Kier molecular flexibility index (Phi) is 6.72. The second-order valence-electron chi connectivity index (χ2n) is 7.42. The lowest BCUT2D eigenvalue weighted by molar-refractivity contribution is 0.102. The number of hydrogen-bond donors (Lipinski definition) is 2. The van der Waals surface area contributed by atoms with Gasteiger partial charge in [-0.05, 0) is 44.4 Å². The molecule has 8 nitrogen and oxygen atoms in total. The van der Waals surface area contributed by atoms with Crippen molar-refractivity contribution < 1.29 is 22.7 Å². The number of carbonyl (C=O) groups excluding carboxylic acids is 1. The van der Waals surface area contributed by atoms with Gasteiger partial charge in [0.05, 0.1) is 19.9 Å². The molecule has 1 amide bonds. The van der Waals surface area contributed by atoms with Crippen LogP contribution in [0.15, 0.2) is 23.1 Å². The Morgan fingerprint density at radius 2 is 1.73 bits per heavy atom. The van der Waals surface area contributed by atoms with Crippen molar-refractivity contribution in [1.82, 2.24) is 9.29 Å². The average molecular weight is 436 g/mol. The van der Waals surface area contributed by atoms with Crippen LogP contribution in [0.1, 0.15) is 47.4 Å². The minimum absolute atomic E-state index is 0.187. The quantitative estimate of drug-likeness (QED) is 0.724. The molecule has 0 aliphatic carbocycles. The fraction of sp³-hybridized carbons (Fsp3) is 0.476. The van der Waals surface area contributed by atoms with Crippen molar-refractivity contribution in [2.75, 3.05) is 32.6 Å². The van der Waals surface area contributed by atoms with Crippen LogP contribution in [0, 0.1) is 13.8 Å². The monoisotopic (exact) mass is 435 g/mol. The molecule has 0 spiro atoms. The summed E-state index contributed by atoms with van der Waals surface area (Å²) in [5.41, 5.74) is 1.52. The summed E-state index contributed by atoms with van der Waals surface area (Å²) in [7, 11) is -0.637. The lowest BCUT2D eigenvalue weighted by Crippen LogP contribution is -2.32. The Hall–Kier alpha value is -2.52. The minimum atomic E-state index is -3.68. The first-order chi connectivity index (χ1) is 14.3. The lowest BCUT2D eigenvalue weighted by atomic mass is 10.2. The van der Waals surface area contributed by atoms with Gasteiger partial charge in [-0.2, -0.15) is 4.31 Å². The van der Waals surface area contributed by atoms with Crippen LogP contribution in [-0.4, -0.2) is 50.9 Å². The standard InChI is InChI=1S/C21H29N3O5S/c1-14-19(21(25)23-17-13-16(28-3)9-10-18(17)29-4)22-15(2)20(14)30(26,27)24-11-7-5-6-8-12-24/h9-10,13,22H,5-8,11-12H2,1-4H3,(H,23,25). The molecule has 1 fully saturated rings. The Labute approximate surface area is 177 Å². The molecule has 30 heavy (non-hydrogen) atoms. The predicted octanol–water partition coefficient (Wildman–Crippen LogP) is 3.47. The molecule has 1 aliphatic heterocycles. The van der Waals surface area contributed by atoms with E-state index in [4.69, 9.17) is 9.47 Å². The number of ether oxygens (including phenoxy) is 2. The summed E-state index contributed by atoms with van der Waals surface area (Å²) >= 11 is 0. The van der Waals surface area contributed by atoms with Crippen molar-refractivity contribution in [2.24, 2.45) is 0 Å². The highest BCUT2D eigenvalue weighted by Crippen LogP contribution is 2.31. The first kappa shape index (κ1) is 22.2. The first-order valence-electron chi connectivity index (χ1n) is 10.0. The molecule has 2 aromatic rings. The van der Waals surface area contributed by atoms with Gasteiger partial charge in [0.15, 0.2) is 0 Å². The topological polar surface area (TPSA) is 101 Å². The van der Waals surface area contributed by atoms with E-state index in [1.807, 2.05) is 0 Å². The average Bonchev–Trinajstić information content (AvgIpc) is 2.90. The van der Waals surface area contributed by atoms with Crippen molar-refractivity contribution in [1.29, 1.82) is 0 Å². The van der Waals surface area contributed by atoms with Crippen LogP contribution in [0.4, 0.5) is 5.69 Å². The summed E-state index contributed by atoms with van der Waals surface area (Å²) in [4.78, 5) is 16.1. The zero-order chi connectivity index (χ0) is 21.9. The van der Waals surface area contributed by atoms with Crippen LogP contribution in [0.5, 0.6) is 11.5 Å². The maximum absolute atomic E-state index is 13.3. The van der Waals surface area contributed by atoms with E-state index >= 15 is 0 Å². The van der Waals surface area contributed by atoms with E-state index in [2.05, 4.69) is 10.3 Å². The number of amides is 1. The lowest BCUT2D eigenvalue weighted by Gasteiger charge is -2.20. The highest BCUT2D eigenvalue weighted by Gasteiger charge is 2.32. The number of sulfonamides is 1. The first-order valence-corrected chi connectivity index (χ1v) is 11.5. The number of aromatic nitrogens is 1. The van der Waals surface area contributed by atoms with Crippen LogP contribution in [0.3, 0.4) is 0 Å². The van der Waals surface area contributed by atoms with E-state index in [0.29, 0.717) is 41.5 Å². The third-order valence-corrected chi connectivity index (χ3v) is 7.59. The van der Waals surface area contributed by atoms with Crippen LogP contribution in [0.25, 0.3) is 0 Å². The maximum Gasteiger partial charge on any atom is 0.272 e. The van der Waals surface area contributed by atoms with Crippen LogP contribution in [0.2, 0.25) is 0 Å². The largest absolute Gasteiger partial charge is 0.497 e. The summed E-state index contributed by atoms with van der Waals surface area (Å²) < 4.78 is 38.6. The second-order valence-corrected chi connectivity index (χ2v) is 9.29. The number of aryl methyl sites for hydroxylation is 1. The summed E-state index contributed by atoms with van der Waals surface area (Å²) in [5, 5.41) is 2.79. The number of nitrogens with zero attached hydrogens (tertiary/aromatic N) is 1. The Bertz CT molecular complexity index is 1020. The molecule has 3 rings (SSSR count). The number of anilines is 1. The molecule has 2 heterocycles. The van der Waals surface area contributed by atoms with Gasteiger partial charge >= 0.3 is 0 Å². The van der Waals surface area contributed by atoms with Gasteiger partial charge in [-0.25, -0.2) is 8.42 Å². The molecule has 2 N–H and O–H groups in total. The summed E-state index contributed by atoms with van der Waals surface area (Å²) in [6.45, 7) is 4.36. The second kappa shape index (κ2) is 9.09. The van der Waals surface area contributed by atoms with E-state index in [9.17, 15) is 13.2 Å². The van der Waals surface area contributed by atoms with E-state index < -0.39 is 15.9 Å². The van der Waals surface area contributed by atoms with Gasteiger partial charge < -0.3 is 19.8 Å². The number of benzene rings is 1. The fourth-order valence-electron chi connectivity index (χ4n) is 3.85. The van der Waals surface area contributed by atoms with E-state index in [1.54, 1.807) is 32.0 Å². The zero-order valence-corrected chi connectivity index (χ0v) is 18.7. The highest BCUT2D eigenvalue weighted by atomic mass is 32.2. The molecule has 0 radical (unpaired) electrons. The van der Waals surface area contributed by atoms with Gasteiger partial charge in [-0.15, -0.1) is 0 Å². The molecule has 1 aliphatic rings. The number of hydrogen-bond acceptors (Lipinski definition) is 5. The molecule has 9 heteroatoms. The van der Waals surface area contributed by atoms with Gasteiger partial charge in [0.25, 0.3) is 5.91 Å². The maximum atomic E-state index is 13.3. The van der Waals surface area contributed by atoms with Crippen molar-refractivity contribution in [3.05, 3.63) is 35.2 Å². The molecule has 0 unspecified atom stereocenters. The number of aromatic amines is 1. The zero-order valence-electron chi connectivity index (χ0n) is 17.9. The highest BCUT2D eigenvalue weighted by molar-refractivity contribution is 7.89. The molecule has 0 saturated carbocycles. The third-order valence-electron chi connectivity index (χ3n) is 5.41. The number of nitrogens with one attached hydrogen (secondary N) is 2. The molecule has 164 valence electrons. The molecule has 1 saturated heterocycles. The van der Waals surface area contributed by atoms with Crippen molar-refractivity contribution in [3.8, 4) is 11.5 Å². The van der Waals surface area contributed by atoms with E-state index in [1.165, 1.54) is 18.5 Å². The Morgan fingerprint density at radius 3 is 2.33 bits per heavy atom. The van der Waals surface area contributed by atoms with Crippen molar-refractivity contribution in [3.63, 3.8) is 0 Å². The number of H-pyrrole nitrogens is 1. The van der Waals surface area contributed by atoms with Gasteiger partial charge in [0.2, 0.25) is 10.0 Å². The molecule has 0 bridgehead atoms. The Balaban J connectivity index is 1.93. The van der Waals surface area contributed by atoms with Gasteiger partial charge in [-0.3, -0.25) is 4.79 Å². The smallest absolute Gasteiger partial charge is 0.272 e. The molecule has 1 aromatic heterocycles. The van der Waals surface area contributed by atoms with E-state index in [0.717, 1.165) is 25.7 Å². The van der Waals surface area contributed by atoms with Crippen LogP contribution < -0.4 is 14.8 Å². The fourth-order valence-corrected chi connectivity index (χ4v) is 5.78. The number of carbonyl (C=O) groups is 1. The third kappa shape index (κ3) is 4.32. The molecule has 0 atom stereocenters. The number of methoxy groups -OCH3 is 2.